The predicted octanol–water partition coefficient (Wildman–Crippen LogP) is 2.78. The molecule has 0 aliphatic carbocycles. The molecule has 1 atom stereocenters. The summed E-state index contributed by atoms with van der Waals surface area (Å²) in [6.45, 7) is 3.80. The molecule has 1 nitrogen and oxygen atoms in total. The summed E-state index contributed by atoms with van der Waals surface area (Å²) in [5, 5.41) is 3.22. The van der Waals surface area contributed by atoms with Crippen LogP contribution in [0.3, 0.4) is 0 Å². The zero-order chi connectivity index (χ0) is 10.2. The number of benzene rings is 1. The Labute approximate surface area is 86.8 Å². The SMILES string of the molecule is C=CC(CCCc1ccccc1)NC. The van der Waals surface area contributed by atoms with E-state index in [2.05, 4.69) is 42.2 Å². The molecule has 0 radical (unpaired) electrons. The third-order valence-corrected chi connectivity index (χ3v) is 2.48. The van der Waals surface area contributed by atoms with Crippen molar-refractivity contribution in [3.63, 3.8) is 0 Å². The summed E-state index contributed by atoms with van der Waals surface area (Å²) in [7, 11) is 1.98. The Kier molecular flexibility index (Phi) is 5.02. The van der Waals surface area contributed by atoms with Crippen LogP contribution in [0.2, 0.25) is 0 Å². The second-order valence-electron chi connectivity index (χ2n) is 3.51. The van der Waals surface area contributed by atoms with E-state index >= 15 is 0 Å². The largest absolute Gasteiger partial charge is 0.314 e. The number of aryl methyl sites for hydroxylation is 1. The zero-order valence-electron chi connectivity index (χ0n) is 8.87. The molecule has 0 aliphatic heterocycles. The van der Waals surface area contributed by atoms with Crippen LogP contribution in [-0.2, 0) is 6.42 Å². The minimum atomic E-state index is 0.457. The average Bonchev–Trinajstić information content (AvgIpc) is 2.26. The molecule has 1 heteroatoms. The van der Waals surface area contributed by atoms with Crippen LogP contribution in [0.15, 0.2) is 43.0 Å². The smallest absolute Gasteiger partial charge is 0.0244 e. The second kappa shape index (κ2) is 6.39. The molecule has 0 aliphatic rings. The lowest BCUT2D eigenvalue weighted by Gasteiger charge is -2.10. The second-order valence-corrected chi connectivity index (χ2v) is 3.51. The lowest BCUT2D eigenvalue weighted by molar-refractivity contribution is 0.586. The van der Waals surface area contributed by atoms with E-state index in [9.17, 15) is 0 Å². The van der Waals surface area contributed by atoms with Crippen LogP contribution in [0.1, 0.15) is 18.4 Å². The molecule has 76 valence electrons. The van der Waals surface area contributed by atoms with Crippen molar-refractivity contribution in [3.8, 4) is 0 Å². The molecule has 0 fully saturated rings. The molecule has 0 aromatic heterocycles. The van der Waals surface area contributed by atoms with Crippen LogP contribution < -0.4 is 5.32 Å². The normalized spacial score (nSPS) is 12.4. The van der Waals surface area contributed by atoms with Crippen LogP contribution in [0.4, 0.5) is 0 Å². The molecule has 0 saturated carbocycles. The summed E-state index contributed by atoms with van der Waals surface area (Å²) >= 11 is 0. The van der Waals surface area contributed by atoms with Crippen molar-refractivity contribution < 1.29 is 0 Å². The maximum atomic E-state index is 3.80. The lowest BCUT2D eigenvalue weighted by atomic mass is 10.1. The van der Waals surface area contributed by atoms with Gasteiger partial charge in [0, 0.05) is 6.04 Å². The fourth-order valence-electron chi connectivity index (χ4n) is 1.55. The molecule has 1 aromatic rings. The Morgan fingerprint density at radius 1 is 1.36 bits per heavy atom. The van der Waals surface area contributed by atoms with Crippen molar-refractivity contribution in [1.82, 2.24) is 5.32 Å². The summed E-state index contributed by atoms with van der Waals surface area (Å²) in [5.74, 6) is 0. The Balaban J connectivity index is 2.25. The van der Waals surface area contributed by atoms with E-state index in [0.717, 1.165) is 12.8 Å². The van der Waals surface area contributed by atoms with Gasteiger partial charge in [-0.15, -0.1) is 6.58 Å². The van der Waals surface area contributed by atoms with Crippen molar-refractivity contribution in [2.24, 2.45) is 0 Å². The average molecular weight is 189 g/mol. The third-order valence-electron chi connectivity index (χ3n) is 2.48. The molecule has 0 spiro atoms. The first-order valence-corrected chi connectivity index (χ1v) is 5.20. The van der Waals surface area contributed by atoms with Crippen molar-refractivity contribution in [2.75, 3.05) is 7.05 Å². The van der Waals surface area contributed by atoms with Gasteiger partial charge in [-0.25, -0.2) is 0 Å². The molecular weight excluding hydrogens is 170 g/mol. The molecule has 1 unspecified atom stereocenters. The number of nitrogens with one attached hydrogen (secondary N) is 1. The molecule has 0 bridgehead atoms. The molecule has 0 saturated heterocycles. The Morgan fingerprint density at radius 2 is 2.07 bits per heavy atom. The van der Waals surface area contributed by atoms with Crippen molar-refractivity contribution in [1.29, 1.82) is 0 Å². The van der Waals surface area contributed by atoms with Crippen LogP contribution in [-0.4, -0.2) is 13.1 Å². The lowest BCUT2D eigenvalue weighted by Crippen LogP contribution is -2.22. The predicted molar refractivity (Wildman–Crippen MR) is 62.4 cm³/mol. The molecule has 1 N–H and O–H groups in total. The fourth-order valence-corrected chi connectivity index (χ4v) is 1.55. The Morgan fingerprint density at radius 3 is 2.64 bits per heavy atom. The van der Waals surface area contributed by atoms with Crippen LogP contribution >= 0.6 is 0 Å². The summed E-state index contributed by atoms with van der Waals surface area (Å²) < 4.78 is 0. The first-order chi connectivity index (χ1) is 6.86. The summed E-state index contributed by atoms with van der Waals surface area (Å²) in [6, 6.07) is 11.1. The van der Waals surface area contributed by atoms with E-state index in [1.807, 2.05) is 13.1 Å². The third kappa shape index (κ3) is 3.75. The Hall–Kier alpha value is -1.08. The van der Waals surface area contributed by atoms with Gasteiger partial charge in [0.2, 0.25) is 0 Å². The maximum absolute atomic E-state index is 3.80. The standard InChI is InChI=1S/C13H19N/c1-3-13(14-2)11-7-10-12-8-5-4-6-9-12/h3-6,8-9,13-14H,1,7,10-11H2,2H3. The van der Waals surface area contributed by atoms with Gasteiger partial charge in [-0.2, -0.15) is 0 Å². The highest BCUT2D eigenvalue weighted by Crippen LogP contribution is 2.06. The van der Waals surface area contributed by atoms with Crippen LogP contribution in [0.5, 0.6) is 0 Å². The molecule has 14 heavy (non-hydrogen) atoms. The van der Waals surface area contributed by atoms with E-state index in [1.54, 1.807) is 0 Å². The fraction of sp³-hybridized carbons (Fsp3) is 0.385. The molecule has 1 rings (SSSR count). The van der Waals surface area contributed by atoms with Gasteiger partial charge in [-0.05, 0) is 31.9 Å². The number of hydrogen-bond acceptors (Lipinski definition) is 1. The monoisotopic (exact) mass is 189 g/mol. The van der Waals surface area contributed by atoms with Gasteiger partial charge in [0.1, 0.15) is 0 Å². The maximum Gasteiger partial charge on any atom is 0.0244 e. The van der Waals surface area contributed by atoms with E-state index in [0.29, 0.717) is 6.04 Å². The highest BCUT2D eigenvalue weighted by molar-refractivity contribution is 5.14. The summed E-state index contributed by atoms with van der Waals surface area (Å²) in [6.07, 6.45) is 5.51. The first kappa shape index (κ1) is 11.0. The van der Waals surface area contributed by atoms with Crippen LogP contribution in [0.25, 0.3) is 0 Å². The molecular formula is C13H19N. The van der Waals surface area contributed by atoms with Crippen molar-refractivity contribution in [3.05, 3.63) is 48.6 Å². The highest BCUT2D eigenvalue weighted by atomic mass is 14.8. The van der Waals surface area contributed by atoms with Gasteiger partial charge in [-0.3, -0.25) is 0 Å². The molecule has 1 aromatic carbocycles. The Bertz CT molecular complexity index is 253. The first-order valence-electron chi connectivity index (χ1n) is 5.20. The van der Waals surface area contributed by atoms with Gasteiger partial charge >= 0.3 is 0 Å². The number of likely N-dealkylation sites (N-methyl/N-ethyl adjacent to an activating group) is 1. The van der Waals surface area contributed by atoms with E-state index in [-0.39, 0.29) is 0 Å². The minimum Gasteiger partial charge on any atom is -0.314 e. The number of rotatable bonds is 6. The topological polar surface area (TPSA) is 12.0 Å². The van der Waals surface area contributed by atoms with Gasteiger partial charge in [0.15, 0.2) is 0 Å². The van der Waals surface area contributed by atoms with Crippen LogP contribution in [0, 0.1) is 0 Å². The highest BCUT2D eigenvalue weighted by Gasteiger charge is 1.99. The van der Waals surface area contributed by atoms with E-state index < -0.39 is 0 Å². The summed E-state index contributed by atoms with van der Waals surface area (Å²) in [5.41, 5.74) is 1.42. The minimum absolute atomic E-state index is 0.457. The van der Waals surface area contributed by atoms with Gasteiger partial charge < -0.3 is 5.32 Å². The van der Waals surface area contributed by atoms with E-state index in [4.69, 9.17) is 0 Å². The van der Waals surface area contributed by atoms with Gasteiger partial charge in [0.25, 0.3) is 0 Å². The zero-order valence-corrected chi connectivity index (χ0v) is 8.87. The van der Waals surface area contributed by atoms with Crippen molar-refractivity contribution in [2.45, 2.75) is 25.3 Å². The van der Waals surface area contributed by atoms with E-state index in [1.165, 1.54) is 12.0 Å². The van der Waals surface area contributed by atoms with Crippen molar-refractivity contribution >= 4 is 0 Å². The molecule has 0 heterocycles. The van der Waals surface area contributed by atoms with Gasteiger partial charge in [0.05, 0.1) is 0 Å². The number of hydrogen-bond donors (Lipinski definition) is 1. The molecule has 0 amide bonds. The summed E-state index contributed by atoms with van der Waals surface area (Å²) in [4.78, 5) is 0. The quantitative estimate of drug-likeness (QED) is 0.678. The van der Waals surface area contributed by atoms with Gasteiger partial charge in [-0.1, -0.05) is 36.4 Å².